The lowest BCUT2D eigenvalue weighted by Crippen LogP contribution is -2.06. The molecule has 1 atom stereocenters. The van der Waals surface area contributed by atoms with Gasteiger partial charge in [0.1, 0.15) is 0 Å². The van der Waals surface area contributed by atoms with Crippen molar-refractivity contribution < 1.29 is 23.3 Å². The normalized spacial score (nSPS) is 11.9. The maximum absolute atomic E-state index is 11.6. The number of hydrogen-bond acceptors (Lipinski definition) is 6. The molecule has 0 aromatic rings. The molecule has 0 radical (unpaired) electrons. The van der Waals surface area contributed by atoms with Crippen LogP contribution in [0.4, 0.5) is 0 Å². The van der Waals surface area contributed by atoms with E-state index in [4.69, 9.17) is 9.47 Å². The molecule has 0 aliphatic heterocycles. The van der Waals surface area contributed by atoms with Gasteiger partial charge in [0, 0.05) is 24.3 Å². The minimum absolute atomic E-state index is 0.212. The average Bonchev–Trinajstić information content (AvgIpc) is 2.35. The van der Waals surface area contributed by atoms with Gasteiger partial charge in [0.05, 0.1) is 23.0 Å². The van der Waals surface area contributed by atoms with Crippen LogP contribution in [0.2, 0.25) is 0 Å². The zero-order chi connectivity index (χ0) is 14.5. The van der Waals surface area contributed by atoms with Gasteiger partial charge in [-0.05, 0) is 26.7 Å². The Kier molecular flexibility index (Phi) is 12.1. The summed E-state index contributed by atoms with van der Waals surface area (Å²) < 4.78 is 21.1. The van der Waals surface area contributed by atoms with Crippen molar-refractivity contribution in [2.24, 2.45) is 0 Å². The molecular weight excluding hydrogens is 288 g/mol. The van der Waals surface area contributed by atoms with Gasteiger partial charge >= 0.3 is 11.9 Å². The largest absolute Gasteiger partial charge is 0.466 e. The highest BCUT2D eigenvalue weighted by molar-refractivity contribution is 8.69. The lowest BCUT2D eigenvalue weighted by atomic mass is 10.3. The summed E-state index contributed by atoms with van der Waals surface area (Å²) >= 11 is 0. The molecule has 0 saturated heterocycles. The molecule has 19 heavy (non-hydrogen) atoms. The maximum Gasteiger partial charge on any atom is 0.305 e. The first-order valence-corrected chi connectivity index (χ1v) is 9.25. The number of rotatable bonds is 11. The molecule has 0 spiro atoms. The summed E-state index contributed by atoms with van der Waals surface area (Å²) in [5, 5.41) is 0. The van der Waals surface area contributed by atoms with Crippen molar-refractivity contribution in [3.63, 3.8) is 0 Å². The van der Waals surface area contributed by atoms with Crippen molar-refractivity contribution in [1.82, 2.24) is 0 Å². The van der Waals surface area contributed by atoms with E-state index in [0.29, 0.717) is 50.4 Å². The third kappa shape index (κ3) is 12.2. The van der Waals surface area contributed by atoms with Crippen LogP contribution in [-0.4, -0.2) is 40.9 Å². The van der Waals surface area contributed by atoms with E-state index in [9.17, 15) is 13.8 Å². The zero-order valence-electron chi connectivity index (χ0n) is 11.5. The molecule has 0 heterocycles. The highest BCUT2D eigenvalue weighted by Crippen LogP contribution is 2.12. The highest BCUT2D eigenvalue weighted by atomic mass is 33.1. The van der Waals surface area contributed by atoms with Gasteiger partial charge < -0.3 is 9.47 Å². The van der Waals surface area contributed by atoms with Crippen LogP contribution in [0, 0.1) is 0 Å². The smallest absolute Gasteiger partial charge is 0.305 e. The van der Waals surface area contributed by atoms with Gasteiger partial charge in [-0.2, -0.15) is 0 Å². The van der Waals surface area contributed by atoms with Gasteiger partial charge in [-0.1, -0.05) is 10.8 Å². The van der Waals surface area contributed by atoms with Crippen LogP contribution in [0.3, 0.4) is 0 Å². The lowest BCUT2D eigenvalue weighted by molar-refractivity contribution is -0.144. The Balaban J connectivity index is 3.44. The van der Waals surface area contributed by atoms with Gasteiger partial charge in [-0.25, -0.2) is 4.21 Å². The van der Waals surface area contributed by atoms with E-state index in [0.717, 1.165) is 0 Å². The second kappa shape index (κ2) is 12.5. The molecule has 1 unspecified atom stereocenters. The van der Waals surface area contributed by atoms with Gasteiger partial charge in [-0.3, -0.25) is 9.59 Å². The van der Waals surface area contributed by atoms with E-state index in [1.54, 1.807) is 13.8 Å². The van der Waals surface area contributed by atoms with Crippen LogP contribution in [0.1, 0.15) is 39.5 Å². The Bertz CT molecular complexity index is 294. The molecule has 0 aromatic carbocycles. The van der Waals surface area contributed by atoms with Crippen LogP contribution < -0.4 is 0 Å². The SMILES string of the molecule is CCOC(=O)CCCSS(=O)CCCC(=O)OCC. The summed E-state index contributed by atoms with van der Waals surface area (Å²) in [6.45, 7) is 4.30. The van der Waals surface area contributed by atoms with Crippen LogP contribution in [-0.2, 0) is 28.9 Å². The first-order valence-electron chi connectivity index (χ1n) is 6.43. The van der Waals surface area contributed by atoms with Crippen molar-refractivity contribution in [2.45, 2.75) is 39.5 Å². The molecule has 0 saturated carbocycles. The molecule has 5 nitrogen and oxygen atoms in total. The summed E-state index contributed by atoms with van der Waals surface area (Å²) in [6, 6.07) is 0. The highest BCUT2D eigenvalue weighted by Gasteiger charge is 2.06. The van der Waals surface area contributed by atoms with E-state index < -0.39 is 9.83 Å². The summed E-state index contributed by atoms with van der Waals surface area (Å²) in [5.41, 5.74) is 0. The van der Waals surface area contributed by atoms with E-state index >= 15 is 0 Å². The molecule has 112 valence electrons. The second-order valence-electron chi connectivity index (χ2n) is 3.65. The first kappa shape index (κ1) is 18.4. The number of carbonyl (C=O) groups excluding carboxylic acids is 2. The van der Waals surface area contributed by atoms with Gasteiger partial charge in [0.25, 0.3) is 0 Å². The summed E-state index contributed by atoms with van der Waals surface area (Å²) in [7, 11) is 0.312. The van der Waals surface area contributed by atoms with Gasteiger partial charge in [0.15, 0.2) is 0 Å². The monoisotopic (exact) mass is 310 g/mol. The predicted octanol–water partition coefficient (Wildman–Crippen LogP) is 2.07. The lowest BCUT2D eigenvalue weighted by Gasteiger charge is -2.03. The Morgan fingerprint density at radius 1 is 1.00 bits per heavy atom. The Hall–Kier alpha value is -0.560. The first-order chi connectivity index (χ1) is 9.10. The zero-order valence-corrected chi connectivity index (χ0v) is 13.1. The van der Waals surface area contributed by atoms with Crippen LogP contribution >= 0.6 is 10.8 Å². The molecule has 0 amide bonds. The topological polar surface area (TPSA) is 69.7 Å². The summed E-state index contributed by atoms with van der Waals surface area (Å²) in [5.74, 6) is 0.677. The van der Waals surface area contributed by atoms with Crippen molar-refractivity contribution in [1.29, 1.82) is 0 Å². The number of esters is 2. The molecule has 0 aromatic heterocycles. The Morgan fingerprint density at radius 3 is 2.05 bits per heavy atom. The summed E-state index contributed by atoms with van der Waals surface area (Å²) in [4.78, 5) is 22.1. The van der Waals surface area contributed by atoms with Crippen LogP contribution in [0.15, 0.2) is 0 Å². The van der Waals surface area contributed by atoms with Crippen molar-refractivity contribution >= 4 is 32.6 Å². The fourth-order valence-electron chi connectivity index (χ4n) is 1.23. The number of carbonyl (C=O) groups is 2. The van der Waals surface area contributed by atoms with E-state index in [2.05, 4.69) is 0 Å². The third-order valence-corrected chi connectivity index (χ3v) is 5.17. The molecule has 0 rings (SSSR count). The minimum atomic E-state index is -1.00. The molecule has 7 heteroatoms. The van der Waals surface area contributed by atoms with E-state index in [1.807, 2.05) is 0 Å². The molecule has 0 bridgehead atoms. The number of ether oxygens (including phenoxy) is 2. The summed E-state index contributed by atoms with van der Waals surface area (Å²) in [6.07, 6.45) is 1.90. The second-order valence-corrected chi connectivity index (χ2v) is 7.13. The van der Waals surface area contributed by atoms with Crippen molar-refractivity contribution in [3.05, 3.63) is 0 Å². The maximum atomic E-state index is 11.6. The van der Waals surface area contributed by atoms with Crippen LogP contribution in [0.25, 0.3) is 0 Å². The fraction of sp³-hybridized carbons (Fsp3) is 0.833. The van der Waals surface area contributed by atoms with Crippen molar-refractivity contribution in [2.75, 3.05) is 24.7 Å². The average molecular weight is 310 g/mol. The molecule has 0 N–H and O–H groups in total. The van der Waals surface area contributed by atoms with E-state index in [-0.39, 0.29) is 11.9 Å². The molecule has 0 aliphatic carbocycles. The molecular formula is C12H22O5S2. The third-order valence-electron chi connectivity index (χ3n) is 2.04. The minimum Gasteiger partial charge on any atom is -0.466 e. The van der Waals surface area contributed by atoms with Gasteiger partial charge in [-0.15, -0.1) is 0 Å². The quantitative estimate of drug-likeness (QED) is 0.330. The molecule has 0 aliphatic rings. The number of hydrogen-bond donors (Lipinski definition) is 0. The Morgan fingerprint density at radius 2 is 1.53 bits per heavy atom. The van der Waals surface area contributed by atoms with Gasteiger partial charge in [0.2, 0.25) is 0 Å². The van der Waals surface area contributed by atoms with Crippen LogP contribution in [0.5, 0.6) is 0 Å². The fourth-order valence-corrected chi connectivity index (χ4v) is 3.79. The van der Waals surface area contributed by atoms with E-state index in [1.165, 1.54) is 10.8 Å². The standard InChI is InChI=1S/C12H22O5S2/c1-3-16-11(13)7-5-9-18-19(15)10-6-8-12(14)17-4-2/h3-10H2,1-2H3. The Labute approximate surface area is 120 Å². The molecule has 0 fully saturated rings. The van der Waals surface area contributed by atoms with Crippen molar-refractivity contribution in [3.8, 4) is 0 Å². The predicted molar refractivity (Wildman–Crippen MR) is 77.2 cm³/mol.